The standard InChI is InChI=1S/C20H24N6/c1-14-4-7-18-16(13-14)3-2-11-25(18)19-8-10-21-20(22-19)24-26-12-9-17(23-26)15-5-6-15/h4,7-10,13,15,23H,2-3,5-6,11-12H2,1H3,(H,21,22,24). The zero-order chi connectivity index (χ0) is 17.5. The number of allylic oxidation sites excluding steroid dienone is 1. The molecule has 2 aliphatic heterocycles. The van der Waals surface area contributed by atoms with Crippen LogP contribution in [-0.2, 0) is 6.42 Å². The first-order valence-corrected chi connectivity index (χ1v) is 9.47. The largest absolute Gasteiger partial charge is 0.326 e. The van der Waals surface area contributed by atoms with Crippen LogP contribution in [0.5, 0.6) is 0 Å². The van der Waals surface area contributed by atoms with Crippen LogP contribution >= 0.6 is 0 Å². The smallest absolute Gasteiger partial charge is 0.240 e. The lowest BCUT2D eigenvalue weighted by Gasteiger charge is -2.31. The van der Waals surface area contributed by atoms with E-state index in [1.807, 2.05) is 17.4 Å². The average molecular weight is 348 g/mol. The van der Waals surface area contributed by atoms with Gasteiger partial charge in [0.1, 0.15) is 5.82 Å². The number of nitrogens with one attached hydrogen (secondary N) is 2. The van der Waals surface area contributed by atoms with Gasteiger partial charge in [-0.05, 0) is 62.3 Å². The van der Waals surface area contributed by atoms with Crippen LogP contribution in [0.15, 0.2) is 42.2 Å². The van der Waals surface area contributed by atoms with Gasteiger partial charge >= 0.3 is 0 Å². The number of hydrogen-bond donors (Lipinski definition) is 2. The molecule has 0 atom stereocenters. The van der Waals surface area contributed by atoms with Crippen molar-refractivity contribution < 1.29 is 0 Å². The summed E-state index contributed by atoms with van der Waals surface area (Å²) >= 11 is 0. The highest BCUT2D eigenvalue weighted by Crippen LogP contribution is 2.36. The predicted octanol–water partition coefficient (Wildman–Crippen LogP) is 3.31. The number of rotatable bonds is 4. The molecule has 2 N–H and O–H groups in total. The van der Waals surface area contributed by atoms with E-state index in [0.29, 0.717) is 5.95 Å². The molecule has 0 radical (unpaired) electrons. The van der Waals surface area contributed by atoms with Gasteiger partial charge in [-0.2, -0.15) is 4.98 Å². The Morgan fingerprint density at radius 3 is 3.04 bits per heavy atom. The Labute approximate surface area is 153 Å². The zero-order valence-corrected chi connectivity index (χ0v) is 15.1. The lowest BCUT2D eigenvalue weighted by molar-refractivity contribution is 0.308. The molecule has 3 aliphatic rings. The third-order valence-corrected chi connectivity index (χ3v) is 5.28. The molecule has 2 aromatic rings. The van der Waals surface area contributed by atoms with Crippen molar-refractivity contribution in [2.45, 2.75) is 32.6 Å². The molecule has 3 heterocycles. The Hall–Kier alpha value is -2.60. The molecular weight excluding hydrogens is 324 g/mol. The average Bonchev–Trinajstić information content (AvgIpc) is 3.41. The van der Waals surface area contributed by atoms with Crippen LogP contribution in [0, 0.1) is 12.8 Å². The first-order chi connectivity index (χ1) is 12.8. The molecule has 1 aromatic carbocycles. The van der Waals surface area contributed by atoms with Gasteiger partial charge in [-0.15, -0.1) is 5.12 Å². The minimum Gasteiger partial charge on any atom is -0.326 e. The summed E-state index contributed by atoms with van der Waals surface area (Å²) < 4.78 is 0. The number of hydrazine groups is 2. The molecule has 1 aromatic heterocycles. The quantitative estimate of drug-likeness (QED) is 0.884. The Kier molecular flexibility index (Phi) is 3.78. The van der Waals surface area contributed by atoms with Crippen LogP contribution in [0.1, 0.15) is 30.4 Å². The van der Waals surface area contributed by atoms with Crippen molar-refractivity contribution in [3.05, 3.63) is 53.4 Å². The van der Waals surface area contributed by atoms with Gasteiger partial charge in [0, 0.05) is 24.1 Å². The Morgan fingerprint density at radius 2 is 2.15 bits per heavy atom. The highest BCUT2D eigenvalue weighted by atomic mass is 15.7. The summed E-state index contributed by atoms with van der Waals surface area (Å²) in [4.78, 5) is 11.5. The van der Waals surface area contributed by atoms with Crippen molar-refractivity contribution in [2.24, 2.45) is 5.92 Å². The summed E-state index contributed by atoms with van der Waals surface area (Å²) in [6, 6.07) is 8.68. The molecule has 134 valence electrons. The van der Waals surface area contributed by atoms with E-state index in [9.17, 15) is 0 Å². The fraction of sp³-hybridized carbons (Fsp3) is 0.400. The summed E-state index contributed by atoms with van der Waals surface area (Å²) in [6.45, 7) is 3.96. The topological polar surface area (TPSA) is 56.3 Å². The normalized spacial score (nSPS) is 19.7. The van der Waals surface area contributed by atoms with E-state index in [4.69, 9.17) is 4.98 Å². The maximum absolute atomic E-state index is 4.77. The molecule has 6 heteroatoms. The summed E-state index contributed by atoms with van der Waals surface area (Å²) in [7, 11) is 0. The zero-order valence-electron chi connectivity index (χ0n) is 15.1. The number of aromatic nitrogens is 2. The van der Waals surface area contributed by atoms with Crippen molar-refractivity contribution in [3.8, 4) is 0 Å². The monoisotopic (exact) mass is 348 g/mol. The van der Waals surface area contributed by atoms with E-state index in [1.165, 1.54) is 35.4 Å². The highest BCUT2D eigenvalue weighted by Gasteiger charge is 2.30. The van der Waals surface area contributed by atoms with E-state index in [-0.39, 0.29) is 0 Å². The molecule has 6 nitrogen and oxygen atoms in total. The number of benzene rings is 1. The minimum atomic E-state index is 0.625. The molecule has 0 saturated heterocycles. The summed E-state index contributed by atoms with van der Waals surface area (Å²) in [5.41, 5.74) is 12.0. The van der Waals surface area contributed by atoms with Gasteiger partial charge in [0.15, 0.2) is 0 Å². The first kappa shape index (κ1) is 15.6. The molecular formula is C20H24N6. The molecule has 5 rings (SSSR count). The van der Waals surface area contributed by atoms with Crippen molar-refractivity contribution in [1.29, 1.82) is 0 Å². The van der Waals surface area contributed by atoms with Gasteiger partial charge in [-0.25, -0.2) is 4.98 Å². The van der Waals surface area contributed by atoms with Crippen molar-refractivity contribution in [3.63, 3.8) is 0 Å². The maximum atomic E-state index is 4.77. The second-order valence-electron chi connectivity index (χ2n) is 7.39. The van der Waals surface area contributed by atoms with E-state index in [0.717, 1.165) is 37.7 Å². The van der Waals surface area contributed by atoms with E-state index in [2.05, 4.69) is 51.9 Å². The van der Waals surface area contributed by atoms with Gasteiger partial charge in [-0.3, -0.25) is 5.43 Å². The van der Waals surface area contributed by atoms with E-state index >= 15 is 0 Å². The second-order valence-corrected chi connectivity index (χ2v) is 7.39. The van der Waals surface area contributed by atoms with Crippen LogP contribution in [0.25, 0.3) is 0 Å². The summed E-state index contributed by atoms with van der Waals surface area (Å²) in [5, 5.41) is 1.96. The lowest BCUT2D eigenvalue weighted by Crippen LogP contribution is -2.38. The summed E-state index contributed by atoms with van der Waals surface area (Å²) in [5.74, 6) is 2.30. The second kappa shape index (κ2) is 6.29. The van der Waals surface area contributed by atoms with Crippen LogP contribution < -0.4 is 15.8 Å². The first-order valence-electron chi connectivity index (χ1n) is 9.47. The number of fused-ring (bicyclic) bond motifs is 1. The number of anilines is 3. The Balaban J connectivity index is 1.34. The van der Waals surface area contributed by atoms with Crippen LogP contribution in [-0.4, -0.2) is 28.2 Å². The predicted molar refractivity (Wildman–Crippen MR) is 103 cm³/mol. The lowest BCUT2D eigenvalue weighted by atomic mass is 9.99. The van der Waals surface area contributed by atoms with Crippen LogP contribution in [0.3, 0.4) is 0 Å². The van der Waals surface area contributed by atoms with Crippen molar-refractivity contribution >= 4 is 17.5 Å². The van der Waals surface area contributed by atoms with Gasteiger partial charge in [0.2, 0.25) is 5.95 Å². The summed E-state index contributed by atoms with van der Waals surface area (Å²) in [6.07, 6.45) is 8.96. The van der Waals surface area contributed by atoms with Crippen LogP contribution in [0.4, 0.5) is 17.5 Å². The Bertz CT molecular complexity index is 857. The number of nitrogens with zero attached hydrogens (tertiary/aromatic N) is 4. The fourth-order valence-corrected chi connectivity index (χ4v) is 3.80. The third-order valence-electron chi connectivity index (χ3n) is 5.28. The van der Waals surface area contributed by atoms with Crippen molar-refractivity contribution in [2.75, 3.05) is 23.4 Å². The number of aryl methyl sites for hydroxylation is 2. The van der Waals surface area contributed by atoms with E-state index in [1.54, 1.807) is 0 Å². The minimum absolute atomic E-state index is 0.625. The van der Waals surface area contributed by atoms with Gasteiger partial charge in [-0.1, -0.05) is 17.7 Å². The molecule has 0 unspecified atom stereocenters. The molecule has 1 saturated carbocycles. The molecule has 1 aliphatic carbocycles. The van der Waals surface area contributed by atoms with Gasteiger partial charge in [0.05, 0.1) is 6.54 Å². The third kappa shape index (κ3) is 3.01. The fourth-order valence-electron chi connectivity index (χ4n) is 3.80. The van der Waals surface area contributed by atoms with E-state index < -0.39 is 0 Å². The molecule has 0 bridgehead atoms. The van der Waals surface area contributed by atoms with Gasteiger partial charge < -0.3 is 10.3 Å². The van der Waals surface area contributed by atoms with Gasteiger partial charge in [0.25, 0.3) is 0 Å². The highest BCUT2D eigenvalue weighted by molar-refractivity contribution is 5.66. The molecule has 0 amide bonds. The SMILES string of the molecule is Cc1ccc2c(c1)CCCN2c1ccnc(NN2CC=C(C3CC3)N2)n1. The number of hydrogen-bond acceptors (Lipinski definition) is 6. The molecule has 26 heavy (non-hydrogen) atoms. The van der Waals surface area contributed by atoms with Crippen molar-refractivity contribution in [1.82, 2.24) is 20.5 Å². The van der Waals surface area contributed by atoms with Crippen LogP contribution in [0.2, 0.25) is 0 Å². The molecule has 1 fully saturated rings. The molecule has 0 spiro atoms. The Morgan fingerprint density at radius 1 is 1.23 bits per heavy atom. The maximum Gasteiger partial charge on any atom is 0.240 e.